The Hall–Kier alpha value is -1.92. The first kappa shape index (κ1) is 18.4. The van der Waals surface area contributed by atoms with Gasteiger partial charge in [-0.1, -0.05) is 30.3 Å². The molecule has 24 heavy (non-hydrogen) atoms. The Bertz CT molecular complexity index is 550. The van der Waals surface area contributed by atoms with Crippen LogP contribution in [0.25, 0.3) is 0 Å². The third kappa shape index (κ3) is 5.32. The molecule has 0 aliphatic carbocycles. The molecule has 1 fully saturated rings. The minimum absolute atomic E-state index is 0.0867. The second kappa shape index (κ2) is 8.80. The summed E-state index contributed by atoms with van der Waals surface area (Å²) in [5.41, 5.74) is -0.154. The number of nitrogens with one attached hydrogen (secondary N) is 2. The van der Waals surface area contributed by atoms with Crippen molar-refractivity contribution in [1.82, 2.24) is 15.5 Å². The molecule has 2 rings (SSSR count). The molecule has 1 aromatic rings. The van der Waals surface area contributed by atoms with Crippen molar-refractivity contribution in [1.29, 1.82) is 0 Å². The van der Waals surface area contributed by atoms with Crippen LogP contribution in [-0.4, -0.2) is 60.1 Å². The highest BCUT2D eigenvalue weighted by atomic mass is 16.3. The molecule has 1 aliphatic rings. The van der Waals surface area contributed by atoms with Gasteiger partial charge < -0.3 is 20.6 Å². The van der Waals surface area contributed by atoms with Crippen LogP contribution in [0.3, 0.4) is 0 Å². The number of piperidine rings is 1. The SMILES string of the molecule is CC(=O)NCCNC[C@]1(O)CCCN(CCc2ccccc2)C1=O. The number of amides is 2. The summed E-state index contributed by atoms with van der Waals surface area (Å²) in [5, 5.41) is 16.4. The first-order valence-corrected chi connectivity index (χ1v) is 8.52. The summed E-state index contributed by atoms with van der Waals surface area (Å²) < 4.78 is 0. The molecule has 2 amide bonds. The quantitative estimate of drug-likeness (QED) is 0.598. The minimum atomic E-state index is -1.34. The van der Waals surface area contributed by atoms with E-state index in [2.05, 4.69) is 10.6 Å². The lowest BCUT2D eigenvalue weighted by atomic mass is 9.91. The molecule has 6 nitrogen and oxygen atoms in total. The number of likely N-dealkylation sites (tertiary alicyclic amines) is 1. The number of rotatable bonds is 8. The van der Waals surface area contributed by atoms with Crippen LogP contribution in [0.15, 0.2) is 30.3 Å². The lowest BCUT2D eigenvalue weighted by molar-refractivity contribution is -0.156. The van der Waals surface area contributed by atoms with Crippen LogP contribution < -0.4 is 10.6 Å². The van der Waals surface area contributed by atoms with E-state index in [1.165, 1.54) is 12.5 Å². The summed E-state index contributed by atoms with van der Waals surface area (Å²) in [6.07, 6.45) is 2.06. The largest absolute Gasteiger partial charge is 0.379 e. The molecule has 0 aromatic heterocycles. The molecule has 1 heterocycles. The molecule has 1 atom stereocenters. The van der Waals surface area contributed by atoms with Crippen LogP contribution in [0.4, 0.5) is 0 Å². The summed E-state index contributed by atoms with van der Waals surface area (Å²) in [7, 11) is 0. The third-order valence-corrected chi connectivity index (χ3v) is 4.31. The zero-order valence-electron chi connectivity index (χ0n) is 14.3. The van der Waals surface area contributed by atoms with Crippen LogP contribution in [0.1, 0.15) is 25.3 Å². The Balaban J connectivity index is 1.80. The maximum Gasteiger partial charge on any atom is 0.255 e. The Morgan fingerprint density at radius 1 is 1.29 bits per heavy atom. The van der Waals surface area contributed by atoms with Crippen LogP contribution >= 0.6 is 0 Å². The normalized spacial score (nSPS) is 20.9. The maximum atomic E-state index is 12.6. The van der Waals surface area contributed by atoms with E-state index in [0.29, 0.717) is 32.6 Å². The smallest absolute Gasteiger partial charge is 0.255 e. The number of nitrogens with zero attached hydrogens (tertiary/aromatic N) is 1. The zero-order chi connectivity index (χ0) is 17.4. The van der Waals surface area contributed by atoms with E-state index < -0.39 is 5.60 Å². The van der Waals surface area contributed by atoms with Gasteiger partial charge in [-0.2, -0.15) is 0 Å². The highest BCUT2D eigenvalue weighted by Gasteiger charge is 2.41. The summed E-state index contributed by atoms with van der Waals surface area (Å²) >= 11 is 0. The van der Waals surface area contributed by atoms with Gasteiger partial charge in [-0.25, -0.2) is 0 Å². The summed E-state index contributed by atoms with van der Waals surface area (Å²) in [4.78, 5) is 25.2. The van der Waals surface area contributed by atoms with Crippen molar-refractivity contribution < 1.29 is 14.7 Å². The number of hydrogen-bond donors (Lipinski definition) is 3. The Morgan fingerprint density at radius 2 is 2.04 bits per heavy atom. The molecule has 1 aromatic carbocycles. The van der Waals surface area contributed by atoms with Crippen molar-refractivity contribution in [2.45, 2.75) is 31.8 Å². The van der Waals surface area contributed by atoms with E-state index in [0.717, 1.165) is 12.8 Å². The van der Waals surface area contributed by atoms with Gasteiger partial charge in [0.15, 0.2) is 5.60 Å². The molecule has 0 spiro atoms. The van der Waals surface area contributed by atoms with Crippen molar-refractivity contribution in [3.63, 3.8) is 0 Å². The predicted molar refractivity (Wildman–Crippen MR) is 92.5 cm³/mol. The highest BCUT2D eigenvalue weighted by Crippen LogP contribution is 2.22. The number of carbonyl (C=O) groups is 2. The van der Waals surface area contributed by atoms with E-state index in [1.807, 2.05) is 30.3 Å². The van der Waals surface area contributed by atoms with Crippen molar-refractivity contribution >= 4 is 11.8 Å². The third-order valence-electron chi connectivity index (χ3n) is 4.31. The average Bonchev–Trinajstić information content (AvgIpc) is 2.57. The second-order valence-electron chi connectivity index (χ2n) is 6.32. The Kier molecular flexibility index (Phi) is 6.75. The first-order chi connectivity index (χ1) is 11.5. The van der Waals surface area contributed by atoms with Crippen LogP contribution in [-0.2, 0) is 16.0 Å². The Labute approximate surface area is 143 Å². The van der Waals surface area contributed by atoms with Gasteiger partial charge in [0.05, 0.1) is 0 Å². The number of hydrogen-bond acceptors (Lipinski definition) is 4. The van der Waals surface area contributed by atoms with Crippen LogP contribution in [0, 0.1) is 0 Å². The molecular weight excluding hydrogens is 306 g/mol. The fourth-order valence-electron chi connectivity index (χ4n) is 2.97. The van der Waals surface area contributed by atoms with Gasteiger partial charge in [0, 0.05) is 39.6 Å². The lowest BCUT2D eigenvalue weighted by Crippen LogP contribution is -2.58. The molecule has 1 saturated heterocycles. The monoisotopic (exact) mass is 333 g/mol. The molecular formula is C18H27N3O3. The van der Waals surface area contributed by atoms with E-state index >= 15 is 0 Å². The average molecular weight is 333 g/mol. The van der Waals surface area contributed by atoms with Crippen LogP contribution in [0.5, 0.6) is 0 Å². The van der Waals surface area contributed by atoms with Gasteiger partial charge in [0.25, 0.3) is 5.91 Å². The van der Waals surface area contributed by atoms with Gasteiger partial charge in [-0.15, -0.1) is 0 Å². The van der Waals surface area contributed by atoms with Crippen molar-refractivity contribution in [2.24, 2.45) is 0 Å². The van der Waals surface area contributed by atoms with Gasteiger partial charge in [0.1, 0.15) is 0 Å². The van der Waals surface area contributed by atoms with E-state index in [1.54, 1.807) is 4.90 Å². The molecule has 0 unspecified atom stereocenters. The molecule has 132 valence electrons. The van der Waals surface area contributed by atoms with Gasteiger partial charge in [-0.05, 0) is 24.8 Å². The standard InChI is InChI=1S/C18H27N3O3/c1-15(22)20-11-10-19-14-18(24)9-5-12-21(17(18)23)13-8-16-6-3-2-4-7-16/h2-4,6-7,19,24H,5,8-14H2,1H3,(H,20,22)/t18-/m1/s1. The fourth-order valence-corrected chi connectivity index (χ4v) is 2.97. The molecule has 0 radical (unpaired) electrons. The van der Waals surface area contributed by atoms with Gasteiger partial charge in [0.2, 0.25) is 5.91 Å². The summed E-state index contributed by atoms with van der Waals surface area (Å²) in [6, 6.07) is 10.0. The Morgan fingerprint density at radius 3 is 2.75 bits per heavy atom. The molecule has 6 heteroatoms. The highest BCUT2D eigenvalue weighted by molar-refractivity contribution is 5.86. The maximum absolute atomic E-state index is 12.6. The summed E-state index contributed by atoms with van der Waals surface area (Å²) in [6.45, 7) is 4.00. The van der Waals surface area contributed by atoms with Gasteiger partial charge >= 0.3 is 0 Å². The first-order valence-electron chi connectivity index (χ1n) is 8.52. The van der Waals surface area contributed by atoms with E-state index in [4.69, 9.17) is 0 Å². The molecule has 3 N–H and O–H groups in total. The van der Waals surface area contributed by atoms with E-state index in [9.17, 15) is 14.7 Å². The molecule has 0 saturated carbocycles. The minimum Gasteiger partial charge on any atom is -0.379 e. The summed E-state index contributed by atoms with van der Waals surface area (Å²) in [5.74, 6) is -0.284. The lowest BCUT2D eigenvalue weighted by Gasteiger charge is -2.38. The predicted octanol–water partition coefficient (Wildman–Crippen LogP) is 0.308. The number of aliphatic hydroxyl groups is 1. The van der Waals surface area contributed by atoms with E-state index in [-0.39, 0.29) is 18.4 Å². The molecule has 1 aliphatic heterocycles. The van der Waals surface area contributed by atoms with Crippen molar-refractivity contribution in [3.05, 3.63) is 35.9 Å². The molecule has 0 bridgehead atoms. The van der Waals surface area contributed by atoms with Crippen LogP contribution in [0.2, 0.25) is 0 Å². The van der Waals surface area contributed by atoms with Gasteiger partial charge in [-0.3, -0.25) is 9.59 Å². The number of carbonyl (C=O) groups excluding carboxylic acids is 2. The zero-order valence-corrected chi connectivity index (χ0v) is 14.3. The fraction of sp³-hybridized carbons (Fsp3) is 0.556. The van der Waals surface area contributed by atoms with Crippen molar-refractivity contribution in [3.8, 4) is 0 Å². The topological polar surface area (TPSA) is 81.7 Å². The second-order valence-corrected chi connectivity index (χ2v) is 6.32. The van der Waals surface area contributed by atoms with Crippen molar-refractivity contribution in [2.75, 3.05) is 32.7 Å². The number of benzene rings is 1.